The van der Waals surface area contributed by atoms with Crippen molar-refractivity contribution in [1.29, 1.82) is 0 Å². The predicted octanol–water partition coefficient (Wildman–Crippen LogP) is 1.53. The molecular weight excluding hydrogens is 518 g/mol. The molecule has 2 aromatic rings. The van der Waals surface area contributed by atoms with E-state index in [-0.39, 0.29) is 18.8 Å². The third kappa shape index (κ3) is 8.80. The molecule has 0 radical (unpaired) electrons. The fourth-order valence-corrected chi connectivity index (χ4v) is 4.25. The number of fused-ring (bicyclic) bond motifs is 1. The van der Waals surface area contributed by atoms with E-state index in [1.165, 1.54) is 0 Å². The highest BCUT2D eigenvalue weighted by molar-refractivity contribution is 5.95. The van der Waals surface area contributed by atoms with Crippen LogP contribution in [0.5, 0.6) is 0 Å². The van der Waals surface area contributed by atoms with Crippen LogP contribution in [-0.2, 0) is 30.4 Å². The highest BCUT2D eigenvalue weighted by atomic mass is 16.4. The van der Waals surface area contributed by atoms with Gasteiger partial charge in [-0.15, -0.1) is 0 Å². The quantitative estimate of drug-likeness (QED) is 0.160. The zero-order valence-corrected chi connectivity index (χ0v) is 23.4. The molecule has 0 aliphatic carbocycles. The molecule has 0 saturated carbocycles. The predicted molar refractivity (Wildman–Crippen MR) is 149 cm³/mol. The lowest BCUT2D eigenvalue weighted by atomic mass is 9.96. The molecule has 0 spiro atoms. The molecular formula is C28H41N5O7. The molecule has 220 valence electrons. The smallest absolute Gasteiger partial charge is 0.326 e. The minimum Gasteiger partial charge on any atom is -0.481 e. The molecule has 0 aliphatic heterocycles. The normalized spacial score (nSPS) is 15.7. The number of nitrogens with two attached hydrogens (primary N) is 1. The van der Waals surface area contributed by atoms with Crippen LogP contribution in [-0.4, -0.2) is 69.0 Å². The maximum Gasteiger partial charge on any atom is 0.326 e. The fraction of sp³-hybridized carbons (Fsp3) is 0.536. The summed E-state index contributed by atoms with van der Waals surface area (Å²) < 4.78 is 0. The first-order valence-corrected chi connectivity index (χ1v) is 13.6. The number of nitrogens with one attached hydrogen (secondary N) is 4. The molecule has 1 heterocycles. The highest BCUT2D eigenvalue weighted by Gasteiger charge is 2.33. The number of aliphatic carboxylic acids is 2. The van der Waals surface area contributed by atoms with Crippen molar-refractivity contribution in [2.45, 2.75) is 84.0 Å². The lowest BCUT2D eigenvalue weighted by Crippen LogP contribution is -2.59. The average molecular weight is 560 g/mol. The number of H-pyrrole nitrogens is 1. The molecule has 1 aromatic carbocycles. The Hall–Kier alpha value is -3.93. The number of benzene rings is 1. The number of aromatic nitrogens is 1. The number of carboxylic acids is 2. The van der Waals surface area contributed by atoms with Crippen LogP contribution < -0.4 is 21.7 Å². The summed E-state index contributed by atoms with van der Waals surface area (Å²) in [5.74, 6) is -5.00. The van der Waals surface area contributed by atoms with Crippen LogP contribution in [0, 0.1) is 11.8 Å². The number of carboxylic acid groups (broad SMARTS) is 2. The maximum atomic E-state index is 13.6. The van der Waals surface area contributed by atoms with Crippen LogP contribution in [0.4, 0.5) is 0 Å². The Morgan fingerprint density at radius 2 is 1.50 bits per heavy atom. The van der Waals surface area contributed by atoms with Gasteiger partial charge in [0.25, 0.3) is 0 Å². The zero-order valence-electron chi connectivity index (χ0n) is 23.4. The van der Waals surface area contributed by atoms with Gasteiger partial charge < -0.3 is 36.9 Å². The Balaban J connectivity index is 2.32. The van der Waals surface area contributed by atoms with Crippen molar-refractivity contribution >= 4 is 40.6 Å². The first kappa shape index (κ1) is 32.3. The van der Waals surface area contributed by atoms with Crippen molar-refractivity contribution in [2.24, 2.45) is 17.6 Å². The van der Waals surface area contributed by atoms with Gasteiger partial charge in [-0.05, 0) is 29.9 Å². The molecule has 40 heavy (non-hydrogen) atoms. The monoisotopic (exact) mass is 559 g/mol. The average Bonchev–Trinajstić information content (AvgIpc) is 3.34. The number of amides is 3. The van der Waals surface area contributed by atoms with Crippen molar-refractivity contribution in [3.63, 3.8) is 0 Å². The van der Waals surface area contributed by atoms with E-state index in [0.29, 0.717) is 12.8 Å². The van der Waals surface area contributed by atoms with Gasteiger partial charge in [-0.2, -0.15) is 0 Å². The van der Waals surface area contributed by atoms with Crippen LogP contribution in [0.25, 0.3) is 10.9 Å². The van der Waals surface area contributed by atoms with E-state index in [1.807, 2.05) is 45.0 Å². The third-order valence-electron chi connectivity index (χ3n) is 7.35. The number of aromatic amines is 1. The molecule has 2 rings (SSSR count). The second kappa shape index (κ2) is 15.0. The Kier molecular flexibility index (Phi) is 12.1. The van der Waals surface area contributed by atoms with Crippen molar-refractivity contribution < 1.29 is 34.2 Å². The molecule has 6 unspecified atom stereocenters. The Bertz CT molecular complexity index is 1200. The van der Waals surface area contributed by atoms with Gasteiger partial charge in [0.15, 0.2) is 0 Å². The lowest BCUT2D eigenvalue weighted by molar-refractivity contribution is -0.143. The minimum absolute atomic E-state index is 0.111. The number of hydrogen-bond donors (Lipinski definition) is 7. The number of hydrogen-bond acceptors (Lipinski definition) is 6. The van der Waals surface area contributed by atoms with E-state index >= 15 is 0 Å². The number of carbonyl (C=O) groups excluding carboxylic acids is 3. The molecule has 0 aliphatic rings. The van der Waals surface area contributed by atoms with Gasteiger partial charge in [0, 0.05) is 29.9 Å². The molecule has 1 aromatic heterocycles. The van der Waals surface area contributed by atoms with Crippen LogP contribution in [0.3, 0.4) is 0 Å². The number of rotatable bonds is 16. The van der Waals surface area contributed by atoms with Crippen LogP contribution in [0.1, 0.15) is 58.9 Å². The van der Waals surface area contributed by atoms with Crippen LogP contribution >= 0.6 is 0 Å². The summed E-state index contributed by atoms with van der Waals surface area (Å²) in [7, 11) is 0. The molecule has 0 bridgehead atoms. The van der Waals surface area contributed by atoms with E-state index in [2.05, 4.69) is 20.9 Å². The number of carbonyl (C=O) groups is 5. The molecule has 3 amide bonds. The van der Waals surface area contributed by atoms with E-state index in [4.69, 9.17) is 10.8 Å². The first-order chi connectivity index (χ1) is 18.9. The first-order valence-electron chi connectivity index (χ1n) is 13.6. The minimum atomic E-state index is -1.44. The summed E-state index contributed by atoms with van der Waals surface area (Å²) >= 11 is 0. The molecule has 12 heteroatoms. The van der Waals surface area contributed by atoms with Gasteiger partial charge in [0.05, 0.1) is 6.04 Å². The van der Waals surface area contributed by atoms with Crippen molar-refractivity contribution in [2.75, 3.05) is 0 Å². The van der Waals surface area contributed by atoms with Gasteiger partial charge >= 0.3 is 11.9 Å². The van der Waals surface area contributed by atoms with Gasteiger partial charge in [-0.1, -0.05) is 58.7 Å². The van der Waals surface area contributed by atoms with Gasteiger partial charge in [0.2, 0.25) is 17.7 Å². The molecule has 8 N–H and O–H groups in total. The van der Waals surface area contributed by atoms with Gasteiger partial charge in [-0.3, -0.25) is 19.2 Å². The fourth-order valence-electron chi connectivity index (χ4n) is 4.25. The van der Waals surface area contributed by atoms with Crippen molar-refractivity contribution in [3.05, 3.63) is 36.0 Å². The van der Waals surface area contributed by atoms with E-state index < -0.39 is 66.2 Å². The Morgan fingerprint density at radius 1 is 0.875 bits per heavy atom. The van der Waals surface area contributed by atoms with E-state index in [0.717, 1.165) is 16.5 Å². The lowest BCUT2D eigenvalue weighted by Gasteiger charge is -2.28. The topological polar surface area (TPSA) is 204 Å². The van der Waals surface area contributed by atoms with Gasteiger partial charge in [0.1, 0.15) is 18.1 Å². The van der Waals surface area contributed by atoms with E-state index in [1.54, 1.807) is 13.1 Å². The summed E-state index contributed by atoms with van der Waals surface area (Å²) in [5, 5.41) is 27.1. The SMILES string of the molecule is CCC(C)C(N)C(=O)NC(Cc1c[nH]c2ccccc12)C(=O)NC(C(=O)NC(CCC(=O)O)C(=O)O)C(C)CC. The molecule has 6 atom stereocenters. The van der Waals surface area contributed by atoms with Gasteiger partial charge in [-0.25, -0.2) is 4.79 Å². The van der Waals surface area contributed by atoms with Crippen LogP contribution in [0.2, 0.25) is 0 Å². The van der Waals surface area contributed by atoms with E-state index in [9.17, 15) is 29.1 Å². The Morgan fingerprint density at radius 3 is 2.10 bits per heavy atom. The largest absolute Gasteiger partial charge is 0.481 e. The zero-order chi connectivity index (χ0) is 30.0. The van der Waals surface area contributed by atoms with Crippen LogP contribution in [0.15, 0.2) is 30.5 Å². The van der Waals surface area contributed by atoms with Crippen molar-refractivity contribution in [1.82, 2.24) is 20.9 Å². The third-order valence-corrected chi connectivity index (χ3v) is 7.35. The second-order valence-corrected chi connectivity index (χ2v) is 10.2. The molecule has 0 fully saturated rings. The Labute approximate surface area is 233 Å². The summed E-state index contributed by atoms with van der Waals surface area (Å²) in [4.78, 5) is 65.5. The van der Waals surface area contributed by atoms with Crippen molar-refractivity contribution in [3.8, 4) is 0 Å². The second-order valence-electron chi connectivity index (χ2n) is 10.2. The summed E-state index contributed by atoms with van der Waals surface area (Å²) in [6.07, 6.45) is 2.24. The molecule has 0 saturated heterocycles. The summed E-state index contributed by atoms with van der Waals surface area (Å²) in [6, 6.07) is 3.01. The molecule has 12 nitrogen and oxygen atoms in total. The maximum absolute atomic E-state index is 13.6. The standard InChI is InChI=1S/C28H41N5O7/c1-5-15(3)23(29)26(37)32-21(13-17-14-30-19-10-8-7-9-18(17)19)25(36)33-24(16(4)6-2)27(38)31-20(28(39)40)11-12-22(34)35/h7-10,14-16,20-21,23-24,30H,5-6,11-13,29H2,1-4H3,(H,31,38)(H,32,37)(H,33,36)(H,34,35)(H,39,40). The highest BCUT2D eigenvalue weighted by Crippen LogP contribution is 2.20. The summed E-state index contributed by atoms with van der Waals surface area (Å²) in [5.41, 5.74) is 7.76. The summed E-state index contributed by atoms with van der Waals surface area (Å²) in [6.45, 7) is 7.28. The number of para-hydroxylation sites is 1.